The lowest BCUT2D eigenvalue weighted by Crippen LogP contribution is -2.35. The molecule has 1 heterocycles. The third-order valence-corrected chi connectivity index (χ3v) is 4.72. The highest BCUT2D eigenvalue weighted by Crippen LogP contribution is 2.49. The van der Waals surface area contributed by atoms with Crippen LogP contribution in [0.1, 0.15) is 22.7 Å². The Morgan fingerprint density at radius 1 is 1.10 bits per heavy atom. The molecule has 2 aliphatic rings. The van der Waals surface area contributed by atoms with Gasteiger partial charge in [0, 0.05) is 18.2 Å². The van der Waals surface area contributed by atoms with Crippen molar-refractivity contribution in [2.24, 2.45) is 0 Å². The van der Waals surface area contributed by atoms with Crippen LogP contribution in [0, 0.1) is 0 Å². The van der Waals surface area contributed by atoms with Crippen LogP contribution in [0.25, 0.3) is 11.1 Å². The monoisotopic (exact) mass is 303 g/mol. The molecule has 0 saturated heterocycles. The molecule has 0 fully saturated rings. The Kier molecular flexibility index (Phi) is 3.34. The van der Waals surface area contributed by atoms with E-state index >= 15 is 0 Å². The zero-order valence-electron chi connectivity index (χ0n) is 11.8. The van der Waals surface area contributed by atoms with Gasteiger partial charge in [-0.05, 0) is 48.2 Å². The molecule has 0 aromatic heterocycles. The molecule has 0 saturated carbocycles. The molecule has 3 nitrogen and oxygen atoms in total. The second-order valence-electron chi connectivity index (χ2n) is 5.80. The van der Waals surface area contributed by atoms with Gasteiger partial charge in [0.05, 0.1) is 0 Å². The second-order valence-corrected chi connectivity index (χ2v) is 5.80. The molecule has 2 aromatic carbocycles. The Bertz CT molecular complexity index is 714. The van der Waals surface area contributed by atoms with E-state index < -0.39 is 0 Å². The maximum absolute atomic E-state index is 10.3. The highest BCUT2D eigenvalue weighted by atomic mass is 35.5. The number of benzene rings is 2. The number of likely N-dealkylation sites (N-methyl/N-ethyl adjacent to an activating group) is 1. The fourth-order valence-electron chi connectivity index (χ4n) is 3.67. The lowest BCUT2D eigenvalue weighted by molar-refractivity contribution is 0.228. The number of rotatable bonds is 0. The van der Waals surface area contributed by atoms with E-state index in [2.05, 4.69) is 30.1 Å². The molecule has 4 heteroatoms. The Morgan fingerprint density at radius 2 is 1.90 bits per heavy atom. The van der Waals surface area contributed by atoms with Crippen LogP contribution >= 0.6 is 12.4 Å². The molecule has 21 heavy (non-hydrogen) atoms. The summed E-state index contributed by atoms with van der Waals surface area (Å²) in [5.74, 6) is -0.0217. The van der Waals surface area contributed by atoms with E-state index in [0.29, 0.717) is 6.04 Å². The van der Waals surface area contributed by atoms with Gasteiger partial charge in [-0.15, -0.1) is 12.4 Å². The van der Waals surface area contributed by atoms with Gasteiger partial charge in [-0.25, -0.2) is 0 Å². The highest BCUT2D eigenvalue weighted by molar-refractivity contribution is 5.85. The number of hydrogen-bond acceptors (Lipinski definition) is 3. The van der Waals surface area contributed by atoms with Crippen LogP contribution in [0.4, 0.5) is 0 Å². The third kappa shape index (κ3) is 1.92. The van der Waals surface area contributed by atoms with Crippen molar-refractivity contribution in [3.63, 3.8) is 0 Å². The molecular weight excluding hydrogens is 286 g/mol. The van der Waals surface area contributed by atoms with Gasteiger partial charge in [0.2, 0.25) is 0 Å². The summed E-state index contributed by atoms with van der Waals surface area (Å²) in [6, 6.07) is 10.2. The van der Waals surface area contributed by atoms with Crippen molar-refractivity contribution >= 4 is 12.4 Å². The number of phenols is 2. The van der Waals surface area contributed by atoms with E-state index in [-0.39, 0.29) is 23.9 Å². The number of nitrogens with zero attached hydrogens (tertiary/aromatic N) is 1. The Morgan fingerprint density at radius 3 is 2.71 bits per heavy atom. The average molecular weight is 304 g/mol. The lowest BCUT2D eigenvalue weighted by Gasteiger charge is -2.39. The first-order valence-electron chi connectivity index (χ1n) is 7.03. The summed E-state index contributed by atoms with van der Waals surface area (Å²) in [6.45, 7) is 1.07. The first-order chi connectivity index (χ1) is 9.66. The van der Waals surface area contributed by atoms with Crippen LogP contribution in [-0.4, -0.2) is 28.7 Å². The standard InChI is InChI=1S/C17H17NO2.ClH/c1-18-8-7-10-3-2-4-12-15(10)13(18)9-11-5-6-14(19)17(20)16(11)12;/h2-6,13,19-20H,7-9H2,1H3;1H/t13-;/m0./s1. The van der Waals surface area contributed by atoms with Gasteiger partial charge < -0.3 is 10.2 Å². The largest absolute Gasteiger partial charge is 0.504 e. The van der Waals surface area contributed by atoms with E-state index in [1.807, 2.05) is 6.07 Å². The number of halogens is 1. The number of aromatic hydroxyl groups is 2. The maximum Gasteiger partial charge on any atom is 0.165 e. The fraction of sp³-hybridized carbons (Fsp3) is 0.294. The van der Waals surface area contributed by atoms with Gasteiger partial charge in [0.1, 0.15) is 0 Å². The summed E-state index contributed by atoms with van der Waals surface area (Å²) >= 11 is 0. The zero-order valence-corrected chi connectivity index (χ0v) is 12.7. The van der Waals surface area contributed by atoms with E-state index in [9.17, 15) is 10.2 Å². The molecule has 110 valence electrons. The van der Waals surface area contributed by atoms with Gasteiger partial charge >= 0.3 is 0 Å². The van der Waals surface area contributed by atoms with E-state index in [1.54, 1.807) is 6.07 Å². The molecule has 2 aromatic rings. The van der Waals surface area contributed by atoms with Crippen molar-refractivity contribution in [3.8, 4) is 22.6 Å². The van der Waals surface area contributed by atoms with Crippen LogP contribution in [0.15, 0.2) is 30.3 Å². The smallest absolute Gasteiger partial charge is 0.165 e. The molecule has 4 rings (SSSR count). The quantitative estimate of drug-likeness (QED) is 0.734. The summed E-state index contributed by atoms with van der Waals surface area (Å²) in [5, 5.41) is 20.1. The van der Waals surface area contributed by atoms with Crippen molar-refractivity contribution < 1.29 is 10.2 Å². The lowest BCUT2D eigenvalue weighted by atomic mass is 9.77. The summed E-state index contributed by atoms with van der Waals surface area (Å²) < 4.78 is 0. The van der Waals surface area contributed by atoms with Crippen molar-refractivity contribution in [2.45, 2.75) is 18.9 Å². The summed E-state index contributed by atoms with van der Waals surface area (Å²) in [6.07, 6.45) is 1.94. The fourth-order valence-corrected chi connectivity index (χ4v) is 3.67. The normalized spacial score (nSPS) is 19.4. The van der Waals surface area contributed by atoms with Gasteiger partial charge in [-0.1, -0.05) is 24.3 Å². The minimum Gasteiger partial charge on any atom is -0.504 e. The summed E-state index contributed by atoms with van der Waals surface area (Å²) in [4.78, 5) is 2.39. The number of hydrogen-bond donors (Lipinski definition) is 2. The van der Waals surface area contributed by atoms with Gasteiger partial charge in [0.15, 0.2) is 11.5 Å². The predicted octanol–water partition coefficient (Wildman–Crippen LogP) is 3.27. The van der Waals surface area contributed by atoms with Crippen LogP contribution in [0.2, 0.25) is 0 Å². The van der Waals surface area contributed by atoms with E-state index in [4.69, 9.17) is 0 Å². The molecule has 0 unspecified atom stereocenters. The van der Waals surface area contributed by atoms with Gasteiger partial charge in [-0.3, -0.25) is 4.90 Å². The average Bonchev–Trinajstić information content (AvgIpc) is 2.46. The Labute approximate surface area is 130 Å². The highest BCUT2D eigenvalue weighted by Gasteiger charge is 2.33. The Hall–Kier alpha value is -1.71. The topological polar surface area (TPSA) is 43.7 Å². The van der Waals surface area contributed by atoms with Crippen LogP contribution in [0.5, 0.6) is 11.5 Å². The third-order valence-electron chi connectivity index (χ3n) is 4.72. The molecule has 0 radical (unpaired) electrons. The molecule has 1 aliphatic heterocycles. The van der Waals surface area contributed by atoms with Crippen molar-refractivity contribution in [1.29, 1.82) is 0 Å². The number of phenolic OH excluding ortho intramolecular Hbond substituents is 2. The summed E-state index contributed by atoms with van der Waals surface area (Å²) in [5.41, 5.74) is 5.71. The van der Waals surface area contributed by atoms with Gasteiger partial charge in [0.25, 0.3) is 0 Å². The van der Waals surface area contributed by atoms with Crippen LogP contribution in [-0.2, 0) is 12.8 Å². The Balaban J connectivity index is 0.00000132. The molecule has 0 bridgehead atoms. The summed E-state index contributed by atoms with van der Waals surface area (Å²) in [7, 11) is 2.16. The second kappa shape index (κ2) is 4.93. The minimum absolute atomic E-state index is 0. The van der Waals surface area contributed by atoms with Crippen molar-refractivity contribution in [1.82, 2.24) is 4.90 Å². The van der Waals surface area contributed by atoms with Crippen molar-refractivity contribution in [2.75, 3.05) is 13.6 Å². The predicted molar refractivity (Wildman–Crippen MR) is 85.2 cm³/mol. The van der Waals surface area contributed by atoms with Crippen LogP contribution in [0.3, 0.4) is 0 Å². The van der Waals surface area contributed by atoms with Crippen molar-refractivity contribution in [3.05, 3.63) is 47.0 Å². The minimum atomic E-state index is -0.0380. The molecule has 0 amide bonds. The van der Waals surface area contributed by atoms with E-state index in [1.165, 1.54) is 11.1 Å². The van der Waals surface area contributed by atoms with Crippen LogP contribution < -0.4 is 0 Å². The SMILES string of the molecule is CN1CCc2cccc3c2[C@@H]1Cc1ccc(O)c(O)c1-3.Cl. The maximum atomic E-state index is 10.3. The molecule has 2 N–H and O–H groups in total. The first-order valence-corrected chi connectivity index (χ1v) is 7.03. The molecule has 1 atom stereocenters. The zero-order chi connectivity index (χ0) is 13.9. The van der Waals surface area contributed by atoms with E-state index in [0.717, 1.165) is 36.1 Å². The first kappa shape index (κ1) is 14.2. The molecule has 1 aliphatic carbocycles. The molecular formula is C17H18ClNO2. The number of fused-ring (bicyclic) bond motifs is 2. The molecule has 0 spiro atoms. The van der Waals surface area contributed by atoms with Gasteiger partial charge in [-0.2, -0.15) is 0 Å².